The van der Waals surface area contributed by atoms with E-state index in [4.69, 9.17) is 10.5 Å². The second kappa shape index (κ2) is 5.99. The molecule has 1 aromatic heterocycles. The summed E-state index contributed by atoms with van der Waals surface area (Å²) in [5.74, 6) is -0.465. The van der Waals surface area contributed by atoms with E-state index in [0.29, 0.717) is 5.56 Å². The molecule has 1 atom stereocenters. The quantitative estimate of drug-likeness (QED) is 0.873. The highest BCUT2D eigenvalue weighted by atomic mass is 79.9. The molecule has 1 heterocycles. The fraction of sp³-hybridized carbons (Fsp3) is 0.231. The third-order valence-corrected chi connectivity index (χ3v) is 3.10. The molecule has 2 rings (SSSR count). The molecule has 2 aromatic rings. The highest BCUT2D eigenvalue weighted by Gasteiger charge is 2.18. The molecule has 0 aliphatic rings. The van der Waals surface area contributed by atoms with E-state index in [0.717, 1.165) is 10.0 Å². The van der Waals surface area contributed by atoms with E-state index in [1.54, 1.807) is 24.1 Å². The average Bonchev–Trinajstić information content (AvgIpc) is 2.82. The van der Waals surface area contributed by atoms with Gasteiger partial charge in [-0.3, -0.25) is 4.68 Å². The number of esters is 1. The van der Waals surface area contributed by atoms with Gasteiger partial charge in [0, 0.05) is 23.3 Å². The van der Waals surface area contributed by atoms with Crippen molar-refractivity contribution in [3.8, 4) is 0 Å². The van der Waals surface area contributed by atoms with E-state index in [9.17, 15) is 4.79 Å². The van der Waals surface area contributed by atoms with Gasteiger partial charge in [-0.25, -0.2) is 4.79 Å². The highest BCUT2D eigenvalue weighted by Crippen LogP contribution is 2.14. The Morgan fingerprint density at radius 1 is 1.58 bits per heavy atom. The third kappa shape index (κ3) is 3.65. The number of nitrogens with two attached hydrogens (primary N) is 1. The monoisotopic (exact) mass is 323 g/mol. The van der Waals surface area contributed by atoms with Crippen molar-refractivity contribution in [1.29, 1.82) is 0 Å². The average molecular weight is 324 g/mol. The maximum atomic E-state index is 11.8. The van der Waals surface area contributed by atoms with E-state index >= 15 is 0 Å². The van der Waals surface area contributed by atoms with Crippen molar-refractivity contribution >= 4 is 21.9 Å². The predicted octanol–water partition coefficient (Wildman–Crippen LogP) is 1.93. The van der Waals surface area contributed by atoms with Crippen LogP contribution in [0.3, 0.4) is 0 Å². The van der Waals surface area contributed by atoms with E-state index in [-0.39, 0.29) is 6.61 Å². The maximum Gasteiger partial charge on any atom is 0.328 e. The van der Waals surface area contributed by atoms with Crippen molar-refractivity contribution in [3.05, 3.63) is 52.3 Å². The molecule has 1 unspecified atom stereocenters. The van der Waals surface area contributed by atoms with Gasteiger partial charge in [0.15, 0.2) is 0 Å². The molecule has 2 N–H and O–H groups in total. The zero-order valence-corrected chi connectivity index (χ0v) is 12.0. The fourth-order valence-corrected chi connectivity index (χ4v) is 2.05. The number of nitrogens with zero attached hydrogens (tertiary/aromatic N) is 2. The molecule has 0 aliphatic heterocycles. The van der Waals surface area contributed by atoms with E-state index in [2.05, 4.69) is 21.0 Å². The number of rotatable bonds is 4. The van der Waals surface area contributed by atoms with Crippen LogP contribution >= 0.6 is 15.9 Å². The minimum Gasteiger partial charge on any atom is -0.459 e. The van der Waals surface area contributed by atoms with E-state index in [1.807, 2.05) is 24.3 Å². The lowest BCUT2D eigenvalue weighted by Crippen LogP contribution is -2.23. The number of aryl methyl sites for hydroxylation is 1. The summed E-state index contributed by atoms with van der Waals surface area (Å²) in [4.78, 5) is 11.8. The van der Waals surface area contributed by atoms with Gasteiger partial charge in [0.25, 0.3) is 0 Å². The summed E-state index contributed by atoms with van der Waals surface area (Å²) in [5.41, 5.74) is 7.35. The van der Waals surface area contributed by atoms with Crippen molar-refractivity contribution in [2.75, 3.05) is 0 Å². The van der Waals surface area contributed by atoms with Crippen LogP contribution in [0.2, 0.25) is 0 Å². The van der Waals surface area contributed by atoms with Crippen LogP contribution in [0.1, 0.15) is 17.2 Å². The van der Waals surface area contributed by atoms with Crippen LogP contribution < -0.4 is 5.73 Å². The van der Waals surface area contributed by atoms with Crippen molar-refractivity contribution in [3.63, 3.8) is 0 Å². The van der Waals surface area contributed by atoms with Crippen molar-refractivity contribution in [2.24, 2.45) is 12.8 Å². The summed E-state index contributed by atoms with van der Waals surface area (Å²) in [6.45, 7) is 0.201. The van der Waals surface area contributed by atoms with Gasteiger partial charge in [0.05, 0.1) is 6.20 Å². The van der Waals surface area contributed by atoms with Gasteiger partial charge >= 0.3 is 5.97 Å². The molecule has 6 heteroatoms. The first kappa shape index (κ1) is 13.8. The van der Waals surface area contributed by atoms with Crippen LogP contribution in [0.5, 0.6) is 0 Å². The lowest BCUT2D eigenvalue weighted by Gasteiger charge is -2.10. The number of ether oxygens (including phenoxy) is 1. The third-order valence-electron chi connectivity index (χ3n) is 2.61. The zero-order valence-electron chi connectivity index (χ0n) is 10.4. The Bertz CT molecular complexity index is 583. The van der Waals surface area contributed by atoms with Crippen molar-refractivity contribution in [1.82, 2.24) is 9.78 Å². The second-order valence-electron chi connectivity index (χ2n) is 4.16. The Morgan fingerprint density at radius 2 is 2.37 bits per heavy atom. The first-order valence-electron chi connectivity index (χ1n) is 5.71. The Kier molecular flexibility index (Phi) is 4.34. The zero-order chi connectivity index (χ0) is 13.8. The smallest absolute Gasteiger partial charge is 0.328 e. The minimum absolute atomic E-state index is 0.201. The summed E-state index contributed by atoms with van der Waals surface area (Å²) in [7, 11) is 1.77. The standard InChI is InChI=1S/C13H14BrN3O2/c1-17-7-10(6-16-17)12(15)13(18)19-8-9-3-2-4-11(14)5-9/h2-7,12H,8,15H2,1H3. The molecule has 0 bridgehead atoms. The topological polar surface area (TPSA) is 70.1 Å². The number of aromatic nitrogens is 2. The van der Waals surface area contributed by atoms with Gasteiger partial charge in [-0.05, 0) is 17.7 Å². The van der Waals surface area contributed by atoms with Gasteiger partial charge in [-0.15, -0.1) is 0 Å². The predicted molar refractivity (Wildman–Crippen MR) is 74.1 cm³/mol. The van der Waals surface area contributed by atoms with Crippen LogP contribution in [0.15, 0.2) is 41.1 Å². The normalized spacial score (nSPS) is 12.2. The molecule has 0 radical (unpaired) electrons. The largest absolute Gasteiger partial charge is 0.459 e. The number of hydrogen-bond acceptors (Lipinski definition) is 4. The Labute approximate surface area is 119 Å². The molecule has 100 valence electrons. The maximum absolute atomic E-state index is 11.8. The molecule has 0 aliphatic carbocycles. The Hall–Kier alpha value is -1.66. The summed E-state index contributed by atoms with van der Waals surface area (Å²) < 4.78 is 7.72. The number of hydrogen-bond donors (Lipinski definition) is 1. The Morgan fingerprint density at radius 3 is 3.00 bits per heavy atom. The summed E-state index contributed by atoms with van der Waals surface area (Å²) >= 11 is 3.36. The van der Waals surface area contributed by atoms with Crippen LogP contribution in [0.25, 0.3) is 0 Å². The molecule has 0 saturated carbocycles. The molecular weight excluding hydrogens is 310 g/mol. The van der Waals surface area contributed by atoms with Crippen LogP contribution in [-0.4, -0.2) is 15.7 Å². The second-order valence-corrected chi connectivity index (χ2v) is 5.08. The number of carbonyl (C=O) groups is 1. The number of benzene rings is 1. The molecule has 5 nitrogen and oxygen atoms in total. The number of carbonyl (C=O) groups excluding carboxylic acids is 1. The van der Waals surface area contributed by atoms with E-state index in [1.165, 1.54) is 0 Å². The van der Waals surface area contributed by atoms with Gasteiger partial charge < -0.3 is 10.5 Å². The van der Waals surface area contributed by atoms with Gasteiger partial charge in [-0.1, -0.05) is 28.1 Å². The first-order chi connectivity index (χ1) is 9.06. The molecule has 0 saturated heterocycles. The lowest BCUT2D eigenvalue weighted by molar-refractivity contribution is -0.146. The SMILES string of the molecule is Cn1cc(C(N)C(=O)OCc2cccc(Br)c2)cn1. The molecular formula is C13H14BrN3O2. The lowest BCUT2D eigenvalue weighted by atomic mass is 10.2. The molecule has 1 aromatic carbocycles. The van der Waals surface area contributed by atoms with Crippen LogP contribution in [0.4, 0.5) is 0 Å². The van der Waals surface area contributed by atoms with Crippen LogP contribution in [-0.2, 0) is 23.2 Å². The highest BCUT2D eigenvalue weighted by molar-refractivity contribution is 9.10. The van der Waals surface area contributed by atoms with Crippen molar-refractivity contribution in [2.45, 2.75) is 12.6 Å². The van der Waals surface area contributed by atoms with Gasteiger partial charge in [0.1, 0.15) is 12.6 Å². The molecule has 19 heavy (non-hydrogen) atoms. The summed E-state index contributed by atoms with van der Waals surface area (Å²) in [6.07, 6.45) is 3.26. The minimum atomic E-state index is -0.805. The van der Waals surface area contributed by atoms with Gasteiger partial charge in [0.2, 0.25) is 0 Å². The van der Waals surface area contributed by atoms with Gasteiger partial charge in [-0.2, -0.15) is 5.10 Å². The van der Waals surface area contributed by atoms with E-state index < -0.39 is 12.0 Å². The molecule has 0 spiro atoms. The number of halogens is 1. The van der Waals surface area contributed by atoms with Crippen molar-refractivity contribution < 1.29 is 9.53 Å². The van der Waals surface area contributed by atoms with Crippen LogP contribution in [0, 0.1) is 0 Å². The fourth-order valence-electron chi connectivity index (χ4n) is 1.61. The first-order valence-corrected chi connectivity index (χ1v) is 6.51. The molecule has 0 fully saturated rings. The Balaban J connectivity index is 1.94. The summed E-state index contributed by atoms with van der Waals surface area (Å²) in [5, 5.41) is 3.97. The summed E-state index contributed by atoms with van der Waals surface area (Å²) in [6, 6.07) is 6.76. The molecule has 0 amide bonds.